The Morgan fingerprint density at radius 1 is 0.232 bits per heavy atom. The van der Waals surface area contributed by atoms with Crippen LogP contribution in [0.4, 0.5) is 0 Å². The van der Waals surface area contributed by atoms with Gasteiger partial charge in [-0.1, -0.05) is 152 Å². The molecule has 11 aromatic rings. The second kappa shape index (κ2) is 13.2. The number of hydrogen-bond acceptors (Lipinski definition) is 0. The molecule has 0 aliphatic rings. The smallest absolute Gasteiger partial charge is 0.0547 e. The third-order valence-corrected chi connectivity index (χ3v) is 11.3. The average Bonchev–Trinajstić information content (AvgIpc) is 3.80. The van der Waals surface area contributed by atoms with Crippen LogP contribution in [0.3, 0.4) is 0 Å². The third-order valence-electron chi connectivity index (χ3n) is 11.3. The minimum atomic E-state index is 1.14. The van der Waals surface area contributed by atoms with E-state index in [4.69, 9.17) is 0 Å². The predicted molar refractivity (Wildman–Crippen MR) is 237 cm³/mol. The van der Waals surface area contributed by atoms with E-state index in [1.807, 2.05) is 0 Å². The van der Waals surface area contributed by atoms with Crippen LogP contribution >= 0.6 is 0 Å². The van der Waals surface area contributed by atoms with Crippen molar-refractivity contribution in [2.24, 2.45) is 0 Å². The molecule has 0 bridgehead atoms. The highest BCUT2D eigenvalue weighted by Crippen LogP contribution is 2.42. The van der Waals surface area contributed by atoms with Crippen LogP contribution in [-0.4, -0.2) is 9.13 Å². The molecule has 0 saturated heterocycles. The molecule has 0 atom stereocenters. The summed E-state index contributed by atoms with van der Waals surface area (Å²) >= 11 is 0. The first-order chi connectivity index (χ1) is 27.8. The highest BCUT2D eigenvalue weighted by Gasteiger charge is 2.19. The summed E-state index contributed by atoms with van der Waals surface area (Å²) in [5, 5.41) is 4.99. The maximum absolute atomic E-state index is 2.47. The number of fused-ring (bicyclic) bond motifs is 6. The van der Waals surface area contributed by atoms with Crippen molar-refractivity contribution < 1.29 is 0 Å². The van der Waals surface area contributed by atoms with E-state index in [1.165, 1.54) is 93.8 Å². The monoisotopic (exact) mass is 712 g/mol. The fourth-order valence-electron chi connectivity index (χ4n) is 8.73. The molecule has 0 N–H and O–H groups in total. The number of hydrogen-bond donors (Lipinski definition) is 0. The molecule has 2 heteroatoms. The molecular weight excluding hydrogens is 677 g/mol. The van der Waals surface area contributed by atoms with Crippen LogP contribution in [0, 0.1) is 0 Å². The van der Waals surface area contributed by atoms with Gasteiger partial charge in [0.05, 0.1) is 22.1 Å². The van der Waals surface area contributed by atoms with Crippen molar-refractivity contribution in [2.45, 2.75) is 0 Å². The van der Waals surface area contributed by atoms with Crippen LogP contribution < -0.4 is 0 Å². The largest absolute Gasteiger partial charge is 0.309 e. The normalized spacial score (nSPS) is 11.6. The lowest BCUT2D eigenvalue weighted by molar-refractivity contribution is 1.18. The van der Waals surface area contributed by atoms with E-state index in [9.17, 15) is 0 Å². The Bertz CT molecular complexity index is 3150. The molecule has 0 aliphatic heterocycles. The fourth-order valence-corrected chi connectivity index (χ4v) is 8.73. The highest BCUT2D eigenvalue weighted by molar-refractivity contribution is 6.17. The molecule has 0 fully saturated rings. The minimum Gasteiger partial charge on any atom is -0.309 e. The molecule has 9 aromatic carbocycles. The maximum atomic E-state index is 2.47. The number of nitrogens with zero attached hydrogens (tertiary/aromatic N) is 2. The molecule has 2 heterocycles. The summed E-state index contributed by atoms with van der Waals surface area (Å²) in [6, 6.07) is 79.5. The van der Waals surface area contributed by atoms with Gasteiger partial charge in [-0.3, -0.25) is 0 Å². The van der Waals surface area contributed by atoms with Gasteiger partial charge in [0.2, 0.25) is 0 Å². The lowest BCUT2D eigenvalue weighted by Crippen LogP contribution is -1.96. The molecule has 56 heavy (non-hydrogen) atoms. The van der Waals surface area contributed by atoms with E-state index >= 15 is 0 Å². The zero-order valence-corrected chi connectivity index (χ0v) is 30.7. The Balaban J connectivity index is 1.17. The van der Waals surface area contributed by atoms with E-state index in [-0.39, 0.29) is 0 Å². The molecular formula is C54H36N2. The van der Waals surface area contributed by atoms with Crippen LogP contribution in [0.2, 0.25) is 0 Å². The van der Waals surface area contributed by atoms with Crippen molar-refractivity contribution in [3.63, 3.8) is 0 Å². The summed E-state index contributed by atoms with van der Waals surface area (Å²) in [6.45, 7) is 0. The van der Waals surface area contributed by atoms with Gasteiger partial charge in [0.15, 0.2) is 0 Å². The minimum absolute atomic E-state index is 1.14. The lowest BCUT2D eigenvalue weighted by atomic mass is 9.97. The number of benzene rings is 9. The Kier molecular flexibility index (Phi) is 7.53. The van der Waals surface area contributed by atoms with E-state index in [1.54, 1.807) is 0 Å². The Morgan fingerprint density at radius 2 is 0.714 bits per heavy atom. The average molecular weight is 713 g/mol. The second-order valence-electron chi connectivity index (χ2n) is 14.6. The molecule has 0 spiro atoms. The zero-order chi connectivity index (χ0) is 37.0. The van der Waals surface area contributed by atoms with Gasteiger partial charge >= 0.3 is 0 Å². The topological polar surface area (TPSA) is 9.86 Å². The van der Waals surface area contributed by atoms with Crippen LogP contribution in [0.1, 0.15) is 0 Å². The van der Waals surface area contributed by atoms with E-state index in [0.29, 0.717) is 0 Å². The zero-order valence-electron chi connectivity index (χ0n) is 30.7. The number of para-hydroxylation sites is 2. The van der Waals surface area contributed by atoms with Crippen LogP contribution in [0.15, 0.2) is 218 Å². The first-order valence-electron chi connectivity index (χ1n) is 19.3. The van der Waals surface area contributed by atoms with Crippen molar-refractivity contribution >= 4 is 43.6 Å². The fraction of sp³-hybridized carbons (Fsp3) is 0. The molecule has 0 amide bonds. The van der Waals surface area contributed by atoms with Gasteiger partial charge in [-0.2, -0.15) is 0 Å². The third kappa shape index (κ3) is 5.26. The number of rotatable bonds is 6. The van der Waals surface area contributed by atoms with Crippen molar-refractivity contribution in [3.8, 4) is 55.9 Å². The van der Waals surface area contributed by atoms with Crippen LogP contribution in [0.5, 0.6) is 0 Å². The van der Waals surface area contributed by atoms with E-state index in [0.717, 1.165) is 5.69 Å². The van der Waals surface area contributed by atoms with Gasteiger partial charge < -0.3 is 9.13 Å². The summed E-state index contributed by atoms with van der Waals surface area (Å²) in [5.41, 5.74) is 16.7. The van der Waals surface area contributed by atoms with Crippen molar-refractivity contribution in [2.75, 3.05) is 0 Å². The molecule has 0 aliphatic carbocycles. The first kappa shape index (κ1) is 32.0. The molecule has 0 saturated carbocycles. The van der Waals surface area contributed by atoms with Crippen molar-refractivity contribution in [1.29, 1.82) is 0 Å². The first-order valence-corrected chi connectivity index (χ1v) is 19.3. The Morgan fingerprint density at radius 3 is 1.36 bits per heavy atom. The molecule has 262 valence electrons. The van der Waals surface area contributed by atoms with E-state index < -0.39 is 0 Å². The summed E-state index contributed by atoms with van der Waals surface area (Å²) < 4.78 is 4.85. The van der Waals surface area contributed by atoms with Gasteiger partial charge in [0.1, 0.15) is 0 Å². The summed E-state index contributed by atoms with van der Waals surface area (Å²) in [6.07, 6.45) is 0. The van der Waals surface area contributed by atoms with Gasteiger partial charge in [0, 0.05) is 32.9 Å². The van der Waals surface area contributed by atoms with Crippen molar-refractivity contribution in [3.05, 3.63) is 218 Å². The van der Waals surface area contributed by atoms with Gasteiger partial charge in [-0.15, -0.1) is 0 Å². The highest BCUT2D eigenvalue weighted by atomic mass is 15.0. The second-order valence-corrected chi connectivity index (χ2v) is 14.6. The van der Waals surface area contributed by atoms with Crippen LogP contribution in [-0.2, 0) is 0 Å². The maximum Gasteiger partial charge on any atom is 0.0547 e. The van der Waals surface area contributed by atoms with Crippen molar-refractivity contribution in [1.82, 2.24) is 9.13 Å². The van der Waals surface area contributed by atoms with Gasteiger partial charge in [-0.25, -0.2) is 0 Å². The summed E-state index contributed by atoms with van der Waals surface area (Å²) in [5.74, 6) is 0. The molecule has 11 rings (SSSR count). The predicted octanol–water partition coefficient (Wildman–Crippen LogP) is 14.5. The quantitative estimate of drug-likeness (QED) is 0.162. The van der Waals surface area contributed by atoms with Crippen LogP contribution in [0.25, 0.3) is 99.5 Å². The number of aromatic nitrogens is 2. The van der Waals surface area contributed by atoms with Gasteiger partial charge in [-0.05, 0) is 111 Å². The SMILES string of the molecule is c1ccc(-c2cc(-c3ccccc3)cc(-n3c4ccc(-c5ccc6c(c5)c5ccccc5n6-c5ccccc5)cc4c4c(-c5ccccc5)cccc43)c2)cc1. The lowest BCUT2D eigenvalue weighted by Gasteiger charge is -2.14. The van der Waals surface area contributed by atoms with E-state index in [2.05, 4.69) is 228 Å². The summed E-state index contributed by atoms with van der Waals surface area (Å²) in [7, 11) is 0. The standard InChI is InChI=1S/C54H36N2/c1-5-16-37(17-6-1)42-32-43(38-18-7-2-8-19-38)34-45(33-42)56-52-31-29-41(36-49(52)54-46(25-15-27-53(54)56)39-20-9-3-10-21-39)40-28-30-51-48(35-40)47-24-13-14-26-50(47)55(51)44-22-11-4-12-23-44/h1-36H. The summed E-state index contributed by atoms with van der Waals surface area (Å²) in [4.78, 5) is 0. The molecule has 2 nitrogen and oxygen atoms in total. The molecule has 2 aromatic heterocycles. The molecule has 0 unspecified atom stereocenters. The Hall–Kier alpha value is -7.42. The van der Waals surface area contributed by atoms with Gasteiger partial charge in [0.25, 0.3) is 0 Å². The Labute approximate surface area is 325 Å². The molecule has 0 radical (unpaired) electrons.